The molecule has 0 aromatic heterocycles. The van der Waals surface area contributed by atoms with Crippen LogP contribution >= 0.6 is 15.9 Å². The minimum atomic E-state index is -0.905. The fourth-order valence-corrected chi connectivity index (χ4v) is 2.87. The Bertz CT molecular complexity index is 546. The highest BCUT2D eigenvalue weighted by molar-refractivity contribution is 9.10. The molecule has 0 spiro atoms. The summed E-state index contributed by atoms with van der Waals surface area (Å²) in [7, 11) is 0. The van der Waals surface area contributed by atoms with Gasteiger partial charge in [0.15, 0.2) is 0 Å². The van der Waals surface area contributed by atoms with Crippen LogP contribution in [0.3, 0.4) is 0 Å². The third kappa shape index (κ3) is 4.54. The molecule has 114 valence electrons. The Morgan fingerprint density at radius 3 is 2.90 bits per heavy atom. The van der Waals surface area contributed by atoms with E-state index >= 15 is 0 Å². The number of ether oxygens (including phenoxy) is 1. The van der Waals surface area contributed by atoms with Gasteiger partial charge in [0.1, 0.15) is 0 Å². The van der Waals surface area contributed by atoms with E-state index in [1.165, 1.54) is 0 Å². The number of carboxylic acid groups (broad SMARTS) is 1. The van der Waals surface area contributed by atoms with E-state index in [9.17, 15) is 9.59 Å². The molecule has 21 heavy (non-hydrogen) atoms. The van der Waals surface area contributed by atoms with Crippen LogP contribution in [-0.4, -0.2) is 47.7 Å². The number of halogens is 1. The van der Waals surface area contributed by atoms with Crippen LogP contribution in [0, 0.1) is 6.92 Å². The van der Waals surface area contributed by atoms with E-state index in [0.717, 1.165) is 15.6 Å². The Hall–Kier alpha value is -1.40. The number of carbonyl (C=O) groups excluding carboxylic acids is 1. The van der Waals surface area contributed by atoms with Crippen molar-refractivity contribution in [1.82, 2.24) is 4.90 Å². The van der Waals surface area contributed by atoms with Crippen molar-refractivity contribution in [3.63, 3.8) is 0 Å². The zero-order chi connectivity index (χ0) is 15.4. The molecule has 5 nitrogen and oxygen atoms in total. The predicted octanol–water partition coefficient (Wildman–Crippen LogP) is 2.00. The number of hydrogen-bond donors (Lipinski definition) is 1. The lowest BCUT2D eigenvalue weighted by Gasteiger charge is -2.32. The van der Waals surface area contributed by atoms with E-state index in [1.54, 1.807) is 4.90 Å². The summed E-state index contributed by atoms with van der Waals surface area (Å²) in [6.45, 7) is 3.23. The van der Waals surface area contributed by atoms with Crippen LogP contribution in [0.15, 0.2) is 22.7 Å². The molecule has 1 aliphatic rings. The van der Waals surface area contributed by atoms with Gasteiger partial charge in [-0.3, -0.25) is 9.59 Å². The van der Waals surface area contributed by atoms with E-state index in [-0.39, 0.29) is 12.3 Å². The smallest absolute Gasteiger partial charge is 0.306 e. The largest absolute Gasteiger partial charge is 0.481 e. The molecule has 1 fully saturated rings. The number of aliphatic carboxylic acids is 1. The number of hydrogen-bond acceptors (Lipinski definition) is 3. The molecular formula is C15H18BrNO4. The van der Waals surface area contributed by atoms with Gasteiger partial charge < -0.3 is 14.7 Å². The normalized spacial score (nSPS) is 18.6. The second-order valence-electron chi connectivity index (χ2n) is 5.18. The lowest BCUT2D eigenvalue weighted by atomic mass is 10.0. The summed E-state index contributed by atoms with van der Waals surface area (Å²) >= 11 is 3.40. The summed E-state index contributed by atoms with van der Waals surface area (Å²) in [5, 5.41) is 8.80. The second kappa shape index (κ2) is 7.04. The molecule has 0 saturated carbocycles. The molecule has 1 aliphatic heterocycles. The molecular weight excluding hydrogens is 338 g/mol. The summed E-state index contributed by atoms with van der Waals surface area (Å²) in [6.07, 6.45) is -0.147. The first-order valence-corrected chi connectivity index (χ1v) is 7.61. The van der Waals surface area contributed by atoms with Gasteiger partial charge in [0, 0.05) is 17.6 Å². The van der Waals surface area contributed by atoms with E-state index in [4.69, 9.17) is 9.84 Å². The number of nitrogens with zero attached hydrogens (tertiary/aromatic N) is 1. The molecule has 0 radical (unpaired) electrons. The van der Waals surface area contributed by atoms with Gasteiger partial charge in [-0.05, 0) is 30.2 Å². The lowest BCUT2D eigenvalue weighted by Crippen LogP contribution is -2.46. The Morgan fingerprint density at radius 2 is 2.24 bits per heavy atom. The average molecular weight is 356 g/mol. The van der Waals surface area contributed by atoms with Gasteiger partial charge in [-0.25, -0.2) is 0 Å². The Balaban J connectivity index is 1.97. The van der Waals surface area contributed by atoms with Crippen LogP contribution in [0.4, 0.5) is 0 Å². The SMILES string of the molecule is Cc1cc(Br)ccc1CC(=O)N1CCOC(CC(=O)O)C1. The summed E-state index contributed by atoms with van der Waals surface area (Å²) < 4.78 is 6.37. The van der Waals surface area contributed by atoms with Crippen LogP contribution < -0.4 is 0 Å². The van der Waals surface area contributed by atoms with Crippen molar-refractivity contribution in [3.05, 3.63) is 33.8 Å². The molecule has 1 aromatic rings. The fraction of sp³-hybridized carbons (Fsp3) is 0.467. The molecule has 1 amide bonds. The van der Waals surface area contributed by atoms with E-state index in [2.05, 4.69) is 15.9 Å². The minimum Gasteiger partial charge on any atom is -0.481 e. The van der Waals surface area contributed by atoms with Crippen molar-refractivity contribution in [2.75, 3.05) is 19.7 Å². The molecule has 1 aromatic carbocycles. The van der Waals surface area contributed by atoms with Crippen molar-refractivity contribution in [2.45, 2.75) is 25.9 Å². The van der Waals surface area contributed by atoms with Crippen LogP contribution in [0.1, 0.15) is 17.5 Å². The quantitative estimate of drug-likeness (QED) is 0.896. The summed E-state index contributed by atoms with van der Waals surface area (Å²) in [5.74, 6) is -0.892. The lowest BCUT2D eigenvalue weighted by molar-refractivity contribution is -0.147. The molecule has 1 unspecified atom stereocenters. The van der Waals surface area contributed by atoms with Crippen LogP contribution in [-0.2, 0) is 20.7 Å². The summed E-state index contributed by atoms with van der Waals surface area (Å²) in [5.41, 5.74) is 2.05. The maximum Gasteiger partial charge on any atom is 0.306 e. The fourth-order valence-electron chi connectivity index (χ4n) is 2.40. The van der Waals surface area contributed by atoms with Crippen molar-refractivity contribution in [1.29, 1.82) is 0 Å². The maximum absolute atomic E-state index is 12.3. The highest BCUT2D eigenvalue weighted by atomic mass is 79.9. The van der Waals surface area contributed by atoms with Crippen LogP contribution in [0.25, 0.3) is 0 Å². The van der Waals surface area contributed by atoms with Crippen LogP contribution in [0.5, 0.6) is 0 Å². The minimum absolute atomic E-state index is 0.0131. The molecule has 1 atom stereocenters. The van der Waals surface area contributed by atoms with Crippen LogP contribution in [0.2, 0.25) is 0 Å². The number of carboxylic acids is 1. The Kier molecular flexibility index (Phi) is 5.36. The van der Waals surface area contributed by atoms with Crippen molar-refractivity contribution in [2.24, 2.45) is 0 Å². The third-order valence-corrected chi connectivity index (χ3v) is 4.03. The monoisotopic (exact) mass is 355 g/mol. The van der Waals surface area contributed by atoms with E-state index in [0.29, 0.717) is 26.1 Å². The average Bonchev–Trinajstić information content (AvgIpc) is 2.41. The van der Waals surface area contributed by atoms with Crippen molar-refractivity contribution < 1.29 is 19.4 Å². The molecule has 1 N–H and O–H groups in total. The first-order chi connectivity index (χ1) is 9.95. The highest BCUT2D eigenvalue weighted by Gasteiger charge is 2.26. The molecule has 6 heteroatoms. The number of aryl methyl sites for hydroxylation is 1. The van der Waals surface area contributed by atoms with Crippen molar-refractivity contribution in [3.8, 4) is 0 Å². The third-order valence-electron chi connectivity index (χ3n) is 3.54. The molecule has 1 heterocycles. The first-order valence-electron chi connectivity index (χ1n) is 6.82. The zero-order valence-electron chi connectivity index (χ0n) is 11.8. The zero-order valence-corrected chi connectivity index (χ0v) is 13.4. The highest BCUT2D eigenvalue weighted by Crippen LogP contribution is 2.18. The molecule has 0 bridgehead atoms. The Morgan fingerprint density at radius 1 is 1.48 bits per heavy atom. The number of amides is 1. The molecule has 0 aliphatic carbocycles. The Labute approximate surface area is 132 Å². The number of carbonyl (C=O) groups is 2. The number of rotatable bonds is 4. The molecule has 1 saturated heterocycles. The van der Waals surface area contributed by atoms with Gasteiger partial charge in [0.2, 0.25) is 5.91 Å². The first kappa shape index (κ1) is 16.0. The molecule has 2 rings (SSSR count). The number of benzene rings is 1. The van der Waals surface area contributed by atoms with Gasteiger partial charge in [-0.2, -0.15) is 0 Å². The van der Waals surface area contributed by atoms with E-state index < -0.39 is 12.1 Å². The van der Waals surface area contributed by atoms with Gasteiger partial charge in [-0.15, -0.1) is 0 Å². The van der Waals surface area contributed by atoms with Gasteiger partial charge in [0.05, 0.1) is 25.6 Å². The van der Waals surface area contributed by atoms with E-state index in [1.807, 2.05) is 25.1 Å². The van der Waals surface area contributed by atoms with Gasteiger partial charge >= 0.3 is 5.97 Å². The topological polar surface area (TPSA) is 66.8 Å². The maximum atomic E-state index is 12.3. The predicted molar refractivity (Wildman–Crippen MR) is 81.2 cm³/mol. The summed E-state index contributed by atoms with van der Waals surface area (Å²) in [4.78, 5) is 24.8. The second-order valence-corrected chi connectivity index (χ2v) is 6.09. The standard InChI is InChI=1S/C15H18BrNO4/c1-10-6-12(16)3-2-11(10)7-14(18)17-4-5-21-13(9-17)8-15(19)20/h2-3,6,13H,4-5,7-9H2,1H3,(H,19,20). The summed E-state index contributed by atoms with van der Waals surface area (Å²) in [6, 6.07) is 5.84. The van der Waals surface area contributed by atoms with Gasteiger partial charge in [0.25, 0.3) is 0 Å². The van der Waals surface area contributed by atoms with Crippen molar-refractivity contribution >= 4 is 27.8 Å². The number of morpholine rings is 1. The van der Waals surface area contributed by atoms with Gasteiger partial charge in [-0.1, -0.05) is 22.0 Å².